The molecule has 0 saturated heterocycles. The fraction of sp³-hybridized carbons (Fsp3) is 0.409. The van der Waals surface area contributed by atoms with Gasteiger partial charge >= 0.3 is 5.97 Å². The van der Waals surface area contributed by atoms with E-state index in [4.69, 9.17) is 0 Å². The molecule has 0 spiro atoms. The van der Waals surface area contributed by atoms with Gasteiger partial charge in [-0.25, -0.2) is 9.78 Å². The van der Waals surface area contributed by atoms with Gasteiger partial charge in [-0.1, -0.05) is 51.1 Å². The number of carboxylic acids is 1. The molecule has 8 heteroatoms. The van der Waals surface area contributed by atoms with Gasteiger partial charge in [0.05, 0.1) is 6.20 Å². The summed E-state index contributed by atoms with van der Waals surface area (Å²) in [6, 6.07) is 7.19. The van der Waals surface area contributed by atoms with Crippen LogP contribution in [0.25, 0.3) is 0 Å². The first-order valence-electron chi connectivity index (χ1n) is 9.80. The number of carbonyl (C=O) groups excluding carboxylic acids is 2. The van der Waals surface area contributed by atoms with Crippen LogP contribution in [0.2, 0.25) is 0 Å². The Hall–Kier alpha value is -3.29. The molecule has 2 atom stereocenters. The number of aliphatic carboxylic acids is 1. The molecule has 0 saturated carbocycles. The van der Waals surface area contributed by atoms with E-state index in [1.807, 2.05) is 51.1 Å². The molecular weight excluding hydrogens is 384 g/mol. The zero-order valence-electron chi connectivity index (χ0n) is 17.5. The summed E-state index contributed by atoms with van der Waals surface area (Å²) < 4.78 is 0. The second-order valence-electron chi connectivity index (χ2n) is 8.31. The SMILES string of the molecule is CC(C)(C)CC[C@H](NC(=O)[C@H](Cc1ccccc1)NC(=O)c1cnccn1)C(=O)O. The van der Waals surface area contributed by atoms with Gasteiger partial charge in [0.1, 0.15) is 17.8 Å². The van der Waals surface area contributed by atoms with Crippen molar-refractivity contribution < 1.29 is 19.5 Å². The quantitative estimate of drug-likeness (QED) is 0.581. The molecule has 0 aliphatic heterocycles. The molecule has 1 heterocycles. The maximum absolute atomic E-state index is 12.9. The molecule has 0 radical (unpaired) electrons. The number of benzene rings is 1. The van der Waals surface area contributed by atoms with Gasteiger partial charge in [0.25, 0.3) is 5.91 Å². The maximum atomic E-state index is 12.9. The summed E-state index contributed by atoms with van der Waals surface area (Å²) >= 11 is 0. The number of amides is 2. The molecule has 1 aromatic carbocycles. The molecule has 0 unspecified atom stereocenters. The molecular formula is C22H28N4O4. The zero-order chi connectivity index (χ0) is 22.1. The summed E-state index contributed by atoms with van der Waals surface area (Å²) in [5.74, 6) is -2.22. The number of nitrogens with zero attached hydrogens (tertiary/aromatic N) is 2. The molecule has 30 heavy (non-hydrogen) atoms. The zero-order valence-corrected chi connectivity index (χ0v) is 17.5. The van der Waals surface area contributed by atoms with E-state index in [-0.39, 0.29) is 17.5 Å². The second kappa shape index (κ2) is 10.5. The summed E-state index contributed by atoms with van der Waals surface area (Å²) in [7, 11) is 0. The molecule has 2 amide bonds. The number of aromatic nitrogens is 2. The van der Waals surface area contributed by atoms with Crippen molar-refractivity contribution in [3.05, 3.63) is 60.2 Å². The Morgan fingerprint density at radius 1 is 1.03 bits per heavy atom. The fourth-order valence-corrected chi connectivity index (χ4v) is 2.81. The molecule has 2 rings (SSSR count). The van der Waals surface area contributed by atoms with E-state index in [1.165, 1.54) is 18.6 Å². The van der Waals surface area contributed by atoms with Crippen molar-refractivity contribution in [2.75, 3.05) is 0 Å². The molecule has 0 aliphatic rings. The maximum Gasteiger partial charge on any atom is 0.326 e. The fourth-order valence-electron chi connectivity index (χ4n) is 2.81. The summed E-state index contributed by atoms with van der Waals surface area (Å²) in [6.07, 6.45) is 5.26. The summed E-state index contributed by atoms with van der Waals surface area (Å²) in [6.45, 7) is 6.02. The lowest BCUT2D eigenvalue weighted by molar-refractivity contribution is -0.142. The minimum absolute atomic E-state index is 0.0674. The van der Waals surface area contributed by atoms with E-state index in [0.29, 0.717) is 12.8 Å². The number of carbonyl (C=O) groups is 3. The van der Waals surface area contributed by atoms with Gasteiger partial charge in [-0.05, 0) is 23.8 Å². The van der Waals surface area contributed by atoms with Crippen LogP contribution in [0.3, 0.4) is 0 Å². The lowest BCUT2D eigenvalue weighted by Crippen LogP contribution is -2.52. The van der Waals surface area contributed by atoms with Crippen molar-refractivity contribution in [1.29, 1.82) is 0 Å². The normalized spacial score (nSPS) is 13.2. The van der Waals surface area contributed by atoms with E-state index in [2.05, 4.69) is 20.6 Å². The molecule has 0 fully saturated rings. The summed E-state index contributed by atoms with van der Waals surface area (Å²) in [5.41, 5.74) is 0.840. The first-order chi connectivity index (χ1) is 14.2. The highest BCUT2D eigenvalue weighted by atomic mass is 16.4. The van der Waals surface area contributed by atoms with E-state index < -0.39 is 29.9 Å². The molecule has 160 valence electrons. The van der Waals surface area contributed by atoms with Crippen molar-refractivity contribution in [3.63, 3.8) is 0 Å². The van der Waals surface area contributed by atoms with Crippen LogP contribution in [-0.2, 0) is 16.0 Å². The third-order valence-electron chi connectivity index (χ3n) is 4.50. The first-order valence-corrected chi connectivity index (χ1v) is 9.80. The molecule has 8 nitrogen and oxygen atoms in total. The van der Waals surface area contributed by atoms with Gasteiger partial charge < -0.3 is 15.7 Å². The van der Waals surface area contributed by atoms with Gasteiger partial charge in [-0.2, -0.15) is 0 Å². The summed E-state index contributed by atoms with van der Waals surface area (Å²) in [4.78, 5) is 44.9. The molecule has 0 aliphatic carbocycles. The largest absolute Gasteiger partial charge is 0.480 e. The Kier molecular flexibility index (Phi) is 8.03. The van der Waals surface area contributed by atoms with E-state index in [1.54, 1.807) is 0 Å². The lowest BCUT2D eigenvalue weighted by Gasteiger charge is -2.24. The molecule has 3 N–H and O–H groups in total. The Labute approximate surface area is 176 Å². The first kappa shape index (κ1) is 23.0. The van der Waals surface area contributed by atoms with Gasteiger partial charge in [-0.3, -0.25) is 14.6 Å². The van der Waals surface area contributed by atoms with Crippen LogP contribution in [-0.4, -0.2) is 44.9 Å². The van der Waals surface area contributed by atoms with Crippen LogP contribution in [0.5, 0.6) is 0 Å². The van der Waals surface area contributed by atoms with E-state index >= 15 is 0 Å². The van der Waals surface area contributed by atoms with Crippen LogP contribution in [0, 0.1) is 5.41 Å². The number of nitrogens with one attached hydrogen (secondary N) is 2. The smallest absolute Gasteiger partial charge is 0.326 e. The predicted octanol–water partition coefficient (Wildman–Crippen LogP) is 2.21. The monoisotopic (exact) mass is 412 g/mol. The average molecular weight is 412 g/mol. The molecule has 1 aromatic heterocycles. The third-order valence-corrected chi connectivity index (χ3v) is 4.50. The number of hydrogen-bond donors (Lipinski definition) is 3. The number of rotatable bonds is 9. The van der Waals surface area contributed by atoms with Gasteiger partial charge in [0.2, 0.25) is 5.91 Å². The standard InChI is InChI=1S/C22H28N4O4/c1-22(2,3)10-9-16(21(29)30)25-19(27)17(13-15-7-5-4-6-8-15)26-20(28)18-14-23-11-12-24-18/h4-8,11-12,14,16-17H,9-10,13H2,1-3H3,(H,25,27)(H,26,28)(H,29,30)/t16-,17-/m0/s1. The minimum Gasteiger partial charge on any atom is -0.480 e. The van der Waals surface area contributed by atoms with Crippen molar-refractivity contribution >= 4 is 17.8 Å². The van der Waals surface area contributed by atoms with Crippen molar-refractivity contribution in [2.45, 2.75) is 52.1 Å². The highest BCUT2D eigenvalue weighted by Crippen LogP contribution is 2.21. The van der Waals surface area contributed by atoms with Crippen molar-refractivity contribution in [1.82, 2.24) is 20.6 Å². The van der Waals surface area contributed by atoms with Crippen molar-refractivity contribution in [2.24, 2.45) is 5.41 Å². The van der Waals surface area contributed by atoms with Gasteiger partial charge in [0, 0.05) is 18.8 Å². The van der Waals surface area contributed by atoms with Crippen LogP contribution in [0.1, 0.15) is 49.7 Å². The Balaban J connectivity index is 2.16. The molecule has 2 aromatic rings. The van der Waals surface area contributed by atoms with Crippen LogP contribution in [0.4, 0.5) is 0 Å². The highest BCUT2D eigenvalue weighted by Gasteiger charge is 2.28. The van der Waals surface area contributed by atoms with Crippen LogP contribution in [0.15, 0.2) is 48.9 Å². The Morgan fingerprint density at radius 2 is 1.73 bits per heavy atom. The number of hydrogen-bond acceptors (Lipinski definition) is 5. The third kappa shape index (κ3) is 7.62. The molecule has 0 bridgehead atoms. The van der Waals surface area contributed by atoms with Gasteiger partial charge in [0.15, 0.2) is 0 Å². The predicted molar refractivity (Wildman–Crippen MR) is 112 cm³/mol. The highest BCUT2D eigenvalue weighted by molar-refractivity contribution is 5.96. The van der Waals surface area contributed by atoms with Crippen molar-refractivity contribution in [3.8, 4) is 0 Å². The summed E-state index contributed by atoms with van der Waals surface area (Å²) in [5, 5.41) is 14.8. The van der Waals surface area contributed by atoms with Crippen LogP contribution >= 0.6 is 0 Å². The number of carboxylic acid groups (broad SMARTS) is 1. The Bertz CT molecular complexity index is 850. The van der Waals surface area contributed by atoms with Crippen LogP contribution < -0.4 is 10.6 Å². The second-order valence-corrected chi connectivity index (χ2v) is 8.31. The van der Waals surface area contributed by atoms with E-state index in [0.717, 1.165) is 5.56 Å². The minimum atomic E-state index is -1.11. The topological polar surface area (TPSA) is 121 Å². The Morgan fingerprint density at radius 3 is 2.30 bits per heavy atom. The average Bonchev–Trinajstić information content (AvgIpc) is 2.71. The lowest BCUT2D eigenvalue weighted by atomic mass is 9.88. The van der Waals surface area contributed by atoms with E-state index in [9.17, 15) is 19.5 Å². The van der Waals surface area contributed by atoms with Gasteiger partial charge in [-0.15, -0.1) is 0 Å².